The normalized spacial score (nSPS) is 20.0. The van der Waals surface area contributed by atoms with Crippen molar-refractivity contribution in [3.8, 4) is 0 Å². The van der Waals surface area contributed by atoms with E-state index < -0.39 is 10.0 Å². The molecule has 0 amide bonds. The van der Waals surface area contributed by atoms with Crippen LogP contribution in [-0.4, -0.2) is 44.8 Å². The van der Waals surface area contributed by atoms with Crippen molar-refractivity contribution < 1.29 is 17.9 Å². The molecule has 6 nitrogen and oxygen atoms in total. The smallest absolute Gasteiger partial charge is 0.309 e. The Balaban J connectivity index is 1.71. The number of ether oxygens (including phenoxy) is 1. The molecular weight excluding hydrogens is 316 g/mol. The van der Waals surface area contributed by atoms with E-state index in [1.807, 2.05) is 17.9 Å². The molecule has 2 heterocycles. The summed E-state index contributed by atoms with van der Waals surface area (Å²) in [6.07, 6.45) is 2.13. The number of amidine groups is 1. The lowest BCUT2D eigenvalue weighted by molar-refractivity contribution is -0.149. The summed E-state index contributed by atoms with van der Waals surface area (Å²) in [4.78, 5) is 14.1. The number of esters is 1. The van der Waals surface area contributed by atoms with Crippen LogP contribution >= 0.6 is 0 Å². The number of sulfonamides is 1. The van der Waals surface area contributed by atoms with Crippen molar-refractivity contribution in [1.82, 2.24) is 4.90 Å². The van der Waals surface area contributed by atoms with Crippen LogP contribution in [0.4, 0.5) is 0 Å². The van der Waals surface area contributed by atoms with Gasteiger partial charge in [-0.1, -0.05) is 19.1 Å². The fourth-order valence-electron chi connectivity index (χ4n) is 2.96. The molecule has 0 atom stereocenters. The number of nitrogens with zero attached hydrogens (tertiary/aromatic N) is 2. The average Bonchev–Trinajstić information content (AvgIpc) is 2.85. The number of hydrogen-bond acceptors (Lipinski definition) is 5. The van der Waals surface area contributed by atoms with E-state index in [4.69, 9.17) is 4.74 Å². The molecule has 0 bridgehead atoms. The maximum atomic E-state index is 12.1. The van der Waals surface area contributed by atoms with Gasteiger partial charge in [0.05, 0.1) is 12.5 Å². The third-order valence-electron chi connectivity index (χ3n) is 4.19. The number of carbonyl (C=O) groups excluding carboxylic acids is 1. The van der Waals surface area contributed by atoms with Crippen LogP contribution in [0.2, 0.25) is 0 Å². The van der Waals surface area contributed by atoms with Gasteiger partial charge >= 0.3 is 5.97 Å². The van der Waals surface area contributed by atoms with E-state index in [2.05, 4.69) is 4.40 Å². The zero-order valence-corrected chi connectivity index (χ0v) is 13.9. The van der Waals surface area contributed by atoms with Gasteiger partial charge in [-0.3, -0.25) is 4.79 Å². The van der Waals surface area contributed by atoms with Crippen molar-refractivity contribution in [3.05, 3.63) is 29.8 Å². The Hall–Kier alpha value is -1.89. The van der Waals surface area contributed by atoms with Crippen molar-refractivity contribution in [2.45, 2.75) is 31.1 Å². The van der Waals surface area contributed by atoms with Crippen molar-refractivity contribution >= 4 is 21.8 Å². The summed E-state index contributed by atoms with van der Waals surface area (Å²) in [5, 5.41) is 0. The third-order valence-corrected chi connectivity index (χ3v) is 5.51. The number of rotatable bonds is 3. The molecule has 0 radical (unpaired) electrons. The number of benzene rings is 1. The Morgan fingerprint density at radius 3 is 2.70 bits per heavy atom. The fraction of sp³-hybridized carbons (Fsp3) is 0.500. The predicted octanol–water partition coefficient (Wildman–Crippen LogP) is 1.80. The molecule has 2 aliphatic rings. The Morgan fingerprint density at radius 1 is 1.30 bits per heavy atom. The number of piperidine rings is 1. The van der Waals surface area contributed by atoms with Gasteiger partial charge in [0.1, 0.15) is 4.90 Å². The minimum atomic E-state index is -3.59. The summed E-state index contributed by atoms with van der Waals surface area (Å²) in [5.74, 6) is 0.250. The first-order valence-corrected chi connectivity index (χ1v) is 9.33. The van der Waals surface area contributed by atoms with E-state index >= 15 is 0 Å². The number of carbonyl (C=O) groups is 1. The van der Waals surface area contributed by atoms with E-state index in [0.717, 1.165) is 6.42 Å². The van der Waals surface area contributed by atoms with Crippen LogP contribution in [0.25, 0.3) is 0 Å². The Morgan fingerprint density at radius 2 is 2.00 bits per heavy atom. The van der Waals surface area contributed by atoms with Gasteiger partial charge in [-0.05, 0) is 31.4 Å². The van der Waals surface area contributed by atoms with Crippen LogP contribution in [0.1, 0.15) is 31.7 Å². The van der Waals surface area contributed by atoms with Crippen LogP contribution in [0, 0.1) is 5.92 Å². The summed E-state index contributed by atoms with van der Waals surface area (Å²) < 4.78 is 33.3. The molecule has 0 spiro atoms. The summed E-state index contributed by atoms with van der Waals surface area (Å²) in [7, 11) is -3.59. The maximum Gasteiger partial charge on any atom is 0.309 e. The first kappa shape index (κ1) is 16.0. The van der Waals surface area contributed by atoms with Crippen molar-refractivity contribution in [1.29, 1.82) is 0 Å². The molecule has 1 aromatic rings. The van der Waals surface area contributed by atoms with E-state index in [1.165, 1.54) is 0 Å². The zero-order valence-electron chi connectivity index (χ0n) is 13.1. The largest absolute Gasteiger partial charge is 0.465 e. The molecule has 1 aromatic carbocycles. The molecule has 0 aromatic heterocycles. The standard InChI is InChI=1S/C16H20N2O4S/c1-2-11-22-16(19)12-7-9-18(10-8-12)15-13-5-3-4-6-14(13)23(20,21)17-15/h3-6,12H,2,7-11H2,1H3. The first-order valence-electron chi connectivity index (χ1n) is 7.89. The minimum Gasteiger partial charge on any atom is -0.465 e. The molecular formula is C16H20N2O4S. The third kappa shape index (κ3) is 3.10. The van der Waals surface area contributed by atoms with Gasteiger partial charge in [0.25, 0.3) is 10.0 Å². The summed E-state index contributed by atoms with van der Waals surface area (Å²) in [5.41, 5.74) is 0.652. The minimum absolute atomic E-state index is 0.105. The van der Waals surface area contributed by atoms with Gasteiger partial charge in [0.2, 0.25) is 0 Å². The van der Waals surface area contributed by atoms with Crippen molar-refractivity contribution in [2.75, 3.05) is 19.7 Å². The fourth-order valence-corrected chi connectivity index (χ4v) is 4.19. The van der Waals surface area contributed by atoms with Crippen LogP contribution < -0.4 is 0 Å². The van der Waals surface area contributed by atoms with Crippen LogP contribution in [0.15, 0.2) is 33.6 Å². The number of hydrogen-bond donors (Lipinski definition) is 0. The van der Waals surface area contributed by atoms with Gasteiger partial charge in [-0.15, -0.1) is 4.40 Å². The Kier molecular flexibility index (Phi) is 4.39. The highest BCUT2D eigenvalue weighted by atomic mass is 32.2. The monoisotopic (exact) mass is 336 g/mol. The number of likely N-dealkylation sites (tertiary alicyclic amines) is 1. The Bertz CT molecular complexity index is 734. The lowest BCUT2D eigenvalue weighted by Crippen LogP contribution is -2.40. The highest BCUT2D eigenvalue weighted by Gasteiger charge is 2.34. The highest BCUT2D eigenvalue weighted by Crippen LogP contribution is 2.29. The van der Waals surface area contributed by atoms with Gasteiger partial charge in [-0.2, -0.15) is 8.42 Å². The summed E-state index contributed by atoms with van der Waals surface area (Å²) >= 11 is 0. The molecule has 23 heavy (non-hydrogen) atoms. The quantitative estimate of drug-likeness (QED) is 0.787. The summed E-state index contributed by atoms with van der Waals surface area (Å²) in [6, 6.07) is 6.87. The topological polar surface area (TPSA) is 76.0 Å². The maximum absolute atomic E-state index is 12.1. The molecule has 0 saturated carbocycles. The van der Waals surface area contributed by atoms with Crippen molar-refractivity contribution in [3.63, 3.8) is 0 Å². The van der Waals surface area contributed by atoms with Gasteiger partial charge in [0.15, 0.2) is 5.84 Å². The molecule has 0 unspecified atom stereocenters. The SMILES string of the molecule is CCCOC(=O)C1CCN(C2=NS(=O)(=O)c3ccccc32)CC1. The molecule has 7 heteroatoms. The second-order valence-electron chi connectivity index (χ2n) is 5.81. The summed E-state index contributed by atoms with van der Waals surface area (Å²) in [6.45, 7) is 3.63. The van der Waals surface area contributed by atoms with Crippen LogP contribution in [-0.2, 0) is 19.6 Å². The lowest BCUT2D eigenvalue weighted by Gasteiger charge is -2.32. The average molecular weight is 336 g/mol. The molecule has 2 aliphatic heterocycles. The lowest BCUT2D eigenvalue weighted by atomic mass is 9.96. The molecule has 0 aliphatic carbocycles. The predicted molar refractivity (Wildman–Crippen MR) is 85.7 cm³/mol. The molecule has 3 rings (SSSR count). The van der Waals surface area contributed by atoms with E-state index in [0.29, 0.717) is 43.9 Å². The van der Waals surface area contributed by atoms with E-state index in [1.54, 1.807) is 18.2 Å². The first-order chi connectivity index (χ1) is 11.0. The van der Waals surface area contributed by atoms with Gasteiger partial charge in [0, 0.05) is 18.7 Å². The molecule has 0 N–H and O–H groups in total. The van der Waals surface area contributed by atoms with Crippen LogP contribution in [0.3, 0.4) is 0 Å². The second kappa shape index (κ2) is 6.31. The van der Waals surface area contributed by atoms with E-state index in [9.17, 15) is 13.2 Å². The van der Waals surface area contributed by atoms with Crippen molar-refractivity contribution in [2.24, 2.45) is 10.3 Å². The molecule has 1 saturated heterocycles. The van der Waals surface area contributed by atoms with Crippen LogP contribution in [0.5, 0.6) is 0 Å². The number of fused-ring (bicyclic) bond motifs is 1. The highest BCUT2D eigenvalue weighted by molar-refractivity contribution is 7.90. The molecule has 1 fully saturated rings. The zero-order chi connectivity index (χ0) is 16.4. The van der Waals surface area contributed by atoms with Gasteiger partial charge < -0.3 is 9.64 Å². The van der Waals surface area contributed by atoms with E-state index in [-0.39, 0.29) is 16.8 Å². The molecule has 124 valence electrons. The van der Waals surface area contributed by atoms with Gasteiger partial charge in [-0.25, -0.2) is 0 Å². The Labute approximate surface area is 136 Å². The second-order valence-corrected chi connectivity index (χ2v) is 7.39.